The quantitative estimate of drug-likeness (QED) is 0.493. The number of nitrogens with one attached hydrogen (secondary N) is 1. The zero-order valence-electron chi connectivity index (χ0n) is 17.8. The largest absolute Gasteiger partial charge is 0.477 e. The lowest BCUT2D eigenvalue weighted by Gasteiger charge is -2.13. The van der Waals surface area contributed by atoms with E-state index in [1.165, 1.54) is 0 Å². The molecular weight excluding hydrogens is 382 g/mol. The molecule has 30 heavy (non-hydrogen) atoms. The van der Waals surface area contributed by atoms with Crippen molar-refractivity contribution in [3.8, 4) is 17.1 Å². The van der Waals surface area contributed by atoms with Crippen LogP contribution in [0.3, 0.4) is 0 Å². The van der Waals surface area contributed by atoms with E-state index in [4.69, 9.17) is 19.2 Å². The van der Waals surface area contributed by atoms with Crippen molar-refractivity contribution in [2.75, 3.05) is 11.9 Å². The number of nitrogens with zero attached hydrogens (tertiary/aromatic N) is 6. The summed E-state index contributed by atoms with van der Waals surface area (Å²) in [5.74, 6) is 1.85. The molecule has 156 valence electrons. The van der Waals surface area contributed by atoms with Gasteiger partial charge in [-0.2, -0.15) is 5.10 Å². The van der Waals surface area contributed by atoms with Gasteiger partial charge in [-0.1, -0.05) is 13.8 Å². The number of aryl methyl sites for hydroxylation is 2. The predicted molar refractivity (Wildman–Crippen MR) is 113 cm³/mol. The summed E-state index contributed by atoms with van der Waals surface area (Å²) in [7, 11) is 1.91. The van der Waals surface area contributed by atoms with Crippen LogP contribution in [0.5, 0.6) is 5.88 Å². The number of aromatic nitrogens is 6. The Morgan fingerprint density at radius 3 is 2.80 bits per heavy atom. The summed E-state index contributed by atoms with van der Waals surface area (Å²) in [6.45, 7) is 8.87. The lowest BCUT2D eigenvalue weighted by Crippen LogP contribution is -2.04. The molecule has 0 aliphatic carbocycles. The van der Waals surface area contributed by atoms with Crippen LogP contribution >= 0.6 is 0 Å². The fraction of sp³-hybridized carbons (Fsp3) is 0.381. The number of fused-ring (bicyclic) bond motifs is 1. The van der Waals surface area contributed by atoms with Gasteiger partial charge in [-0.25, -0.2) is 9.97 Å². The number of hydrogen-bond donors (Lipinski definition) is 1. The zero-order valence-corrected chi connectivity index (χ0v) is 17.8. The van der Waals surface area contributed by atoms with Gasteiger partial charge in [0, 0.05) is 25.9 Å². The third kappa shape index (κ3) is 3.70. The Morgan fingerprint density at radius 2 is 2.10 bits per heavy atom. The molecule has 9 heteroatoms. The third-order valence-electron chi connectivity index (χ3n) is 4.69. The molecule has 0 spiro atoms. The van der Waals surface area contributed by atoms with Gasteiger partial charge in [-0.05, 0) is 31.0 Å². The second-order valence-electron chi connectivity index (χ2n) is 7.27. The summed E-state index contributed by atoms with van der Waals surface area (Å²) in [5.41, 5.74) is 4.24. The van der Waals surface area contributed by atoms with E-state index in [1.807, 2.05) is 36.9 Å². The van der Waals surface area contributed by atoms with E-state index in [2.05, 4.69) is 34.3 Å². The Hall–Kier alpha value is -3.49. The molecule has 0 unspecified atom stereocenters. The van der Waals surface area contributed by atoms with Gasteiger partial charge in [0.2, 0.25) is 17.7 Å². The third-order valence-corrected chi connectivity index (χ3v) is 4.69. The lowest BCUT2D eigenvalue weighted by molar-refractivity contribution is 0.328. The molecular formula is C21H25N7O2. The average molecular weight is 407 g/mol. The fourth-order valence-electron chi connectivity index (χ4n) is 3.38. The molecule has 0 radical (unpaired) electrons. The minimum atomic E-state index is 0.241. The number of anilines is 1. The number of hydrogen-bond acceptors (Lipinski definition) is 8. The molecule has 0 aliphatic heterocycles. The summed E-state index contributed by atoms with van der Waals surface area (Å²) in [5, 5.41) is 17.1. The van der Waals surface area contributed by atoms with Crippen molar-refractivity contribution in [3.63, 3.8) is 0 Å². The van der Waals surface area contributed by atoms with Crippen molar-refractivity contribution >= 4 is 16.7 Å². The van der Waals surface area contributed by atoms with Crippen LogP contribution in [0.15, 0.2) is 28.8 Å². The first-order valence-corrected chi connectivity index (χ1v) is 9.96. The van der Waals surface area contributed by atoms with E-state index in [-0.39, 0.29) is 5.92 Å². The molecule has 4 rings (SSSR count). The Labute approximate surface area is 174 Å². The molecule has 0 atom stereocenters. The van der Waals surface area contributed by atoms with Gasteiger partial charge in [0.1, 0.15) is 0 Å². The van der Waals surface area contributed by atoms with Crippen LogP contribution in [0, 0.1) is 6.92 Å². The fourth-order valence-corrected chi connectivity index (χ4v) is 3.38. The van der Waals surface area contributed by atoms with Crippen molar-refractivity contribution < 1.29 is 9.15 Å². The molecule has 4 aromatic rings. The van der Waals surface area contributed by atoms with E-state index in [0.29, 0.717) is 30.8 Å². The molecule has 0 saturated heterocycles. The van der Waals surface area contributed by atoms with Crippen LogP contribution in [-0.2, 0) is 13.6 Å². The monoisotopic (exact) mass is 407 g/mol. The zero-order chi connectivity index (χ0) is 21.3. The Morgan fingerprint density at radius 1 is 1.27 bits per heavy atom. The second-order valence-corrected chi connectivity index (χ2v) is 7.27. The first-order chi connectivity index (χ1) is 14.5. The summed E-state index contributed by atoms with van der Waals surface area (Å²) in [6, 6.07) is 5.83. The first-order valence-electron chi connectivity index (χ1n) is 9.96. The van der Waals surface area contributed by atoms with Crippen molar-refractivity contribution in [1.29, 1.82) is 0 Å². The van der Waals surface area contributed by atoms with Gasteiger partial charge in [0.05, 0.1) is 35.5 Å². The molecule has 0 aromatic carbocycles. The van der Waals surface area contributed by atoms with Crippen molar-refractivity contribution in [3.05, 3.63) is 41.9 Å². The SMILES string of the molecule is CCOc1ncccc1-c1cc(NCc2nnc(C)o2)c2c(C(C)C)nn(C)c2n1. The molecule has 0 fully saturated rings. The predicted octanol–water partition coefficient (Wildman–Crippen LogP) is 3.86. The van der Waals surface area contributed by atoms with Gasteiger partial charge in [0.15, 0.2) is 5.65 Å². The Balaban J connectivity index is 1.86. The number of rotatable bonds is 7. The van der Waals surface area contributed by atoms with Crippen LogP contribution in [0.25, 0.3) is 22.3 Å². The number of ether oxygens (including phenoxy) is 1. The van der Waals surface area contributed by atoms with Crippen molar-refractivity contribution in [2.45, 2.75) is 40.2 Å². The van der Waals surface area contributed by atoms with Gasteiger partial charge < -0.3 is 14.5 Å². The lowest BCUT2D eigenvalue weighted by atomic mass is 10.0. The number of pyridine rings is 2. The molecule has 1 N–H and O–H groups in total. The van der Waals surface area contributed by atoms with Gasteiger partial charge in [0.25, 0.3) is 0 Å². The highest BCUT2D eigenvalue weighted by molar-refractivity contribution is 5.94. The molecule has 0 amide bonds. The standard InChI is InChI=1S/C21H25N7O2/c1-6-29-21-14(8-7-9-22-21)15-10-16(23-11-17-26-25-13(4)30-17)18-19(12(2)3)27-28(5)20(18)24-15/h7-10,12H,6,11H2,1-5H3,(H,23,24). The molecule has 4 aromatic heterocycles. The summed E-state index contributed by atoms with van der Waals surface area (Å²) in [4.78, 5) is 9.27. The van der Waals surface area contributed by atoms with E-state index in [9.17, 15) is 0 Å². The van der Waals surface area contributed by atoms with E-state index in [0.717, 1.165) is 33.7 Å². The van der Waals surface area contributed by atoms with E-state index >= 15 is 0 Å². The molecule has 9 nitrogen and oxygen atoms in total. The van der Waals surface area contributed by atoms with Gasteiger partial charge in [-0.3, -0.25) is 4.68 Å². The van der Waals surface area contributed by atoms with Gasteiger partial charge >= 0.3 is 0 Å². The summed E-state index contributed by atoms with van der Waals surface area (Å²) >= 11 is 0. The topological polar surface area (TPSA) is 104 Å². The Kier molecular flexibility index (Phi) is 5.35. The molecule has 0 aliphatic rings. The van der Waals surface area contributed by atoms with Gasteiger partial charge in [-0.15, -0.1) is 10.2 Å². The van der Waals surface area contributed by atoms with Crippen LogP contribution in [0.4, 0.5) is 5.69 Å². The summed E-state index contributed by atoms with van der Waals surface area (Å²) in [6.07, 6.45) is 1.71. The van der Waals surface area contributed by atoms with Crippen LogP contribution in [0.2, 0.25) is 0 Å². The highest BCUT2D eigenvalue weighted by Crippen LogP contribution is 2.35. The van der Waals surface area contributed by atoms with Crippen LogP contribution < -0.4 is 10.1 Å². The molecule has 0 saturated carbocycles. The van der Waals surface area contributed by atoms with E-state index < -0.39 is 0 Å². The molecule has 4 heterocycles. The minimum Gasteiger partial charge on any atom is -0.477 e. The highest BCUT2D eigenvalue weighted by Gasteiger charge is 2.20. The first kappa shape index (κ1) is 19.8. The van der Waals surface area contributed by atoms with Crippen molar-refractivity contribution in [1.82, 2.24) is 29.9 Å². The average Bonchev–Trinajstić information content (AvgIpc) is 3.30. The maximum atomic E-state index is 5.72. The highest BCUT2D eigenvalue weighted by atomic mass is 16.5. The second kappa shape index (κ2) is 8.10. The molecule has 0 bridgehead atoms. The van der Waals surface area contributed by atoms with Crippen LogP contribution in [-0.4, -0.2) is 36.6 Å². The maximum Gasteiger partial charge on any atom is 0.235 e. The summed E-state index contributed by atoms with van der Waals surface area (Å²) < 4.78 is 13.0. The van der Waals surface area contributed by atoms with Crippen molar-refractivity contribution in [2.24, 2.45) is 7.05 Å². The Bertz CT molecular complexity index is 1180. The normalized spacial score (nSPS) is 11.4. The minimum absolute atomic E-state index is 0.241. The van der Waals surface area contributed by atoms with E-state index in [1.54, 1.807) is 13.1 Å². The van der Waals surface area contributed by atoms with Crippen LogP contribution in [0.1, 0.15) is 44.2 Å². The smallest absolute Gasteiger partial charge is 0.235 e. The maximum absolute atomic E-state index is 5.72.